The van der Waals surface area contributed by atoms with E-state index in [1.54, 1.807) is 24.3 Å². The van der Waals surface area contributed by atoms with Gasteiger partial charge in [0.1, 0.15) is 0 Å². The highest BCUT2D eigenvalue weighted by Crippen LogP contribution is 2.62. The van der Waals surface area contributed by atoms with E-state index in [2.05, 4.69) is 39.9 Å². The van der Waals surface area contributed by atoms with Crippen molar-refractivity contribution in [2.24, 2.45) is 22.7 Å². The third-order valence-electron chi connectivity index (χ3n) is 6.14. The van der Waals surface area contributed by atoms with Crippen molar-refractivity contribution in [2.75, 3.05) is 0 Å². The lowest BCUT2D eigenvalue weighted by atomic mass is 9.99. The third-order valence-corrected chi connectivity index (χ3v) is 6.39. The van der Waals surface area contributed by atoms with E-state index in [0.29, 0.717) is 40.9 Å². The Kier molecular flexibility index (Phi) is 5.04. The molecule has 2 aliphatic rings. The molecule has 5 atom stereocenters. The van der Waals surface area contributed by atoms with Gasteiger partial charge < -0.3 is 5.32 Å². The van der Waals surface area contributed by atoms with Crippen LogP contribution in [-0.2, 0) is 6.54 Å². The van der Waals surface area contributed by atoms with E-state index < -0.39 is 0 Å². The van der Waals surface area contributed by atoms with E-state index in [0.717, 1.165) is 24.8 Å². The first-order valence-electron chi connectivity index (χ1n) is 9.62. The van der Waals surface area contributed by atoms with Crippen LogP contribution in [0.15, 0.2) is 41.7 Å². The monoisotopic (exact) mass is 384 g/mol. The van der Waals surface area contributed by atoms with Gasteiger partial charge in [-0.15, -0.1) is 0 Å². The van der Waals surface area contributed by atoms with Crippen LogP contribution in [0, 0.1) is 17.8 Å². The summed E-state index contributed by atoms with van der Waals surface area (Å²) in [6, 6.07) is 7.78. The molecule has 5 nitrogen and oxygen atoms in total. The molecule has 0 spiro atoms. The van der Waals surface area contributed by atoms with Gasteiger partial charge in [0.2, 0.25) is 0 Å². The summed E-state index contributed by atoms with van der Waals surface area (Å²) in [6.45, 7) is 6.32. The van der Waals surface area contributed by atoms with Gasteiger partial charge in [0.25, 0.3) is 5.91 Å². The van der Waals surface area contributed by atoms with Gasteiger partial charge in [-0.3, -0.25) is 14.5 Å². The van der Waals surface area contributed by atoms with Crippen LogP contribution < -0.4 is 5.32 Å². The Morgan fingerprint density at radius 3 is 2.70 bits per heavy atom. The highest BCUT2D eigenvalue weighted by Gasteiger charge is 2.59. The van der Waals surface area contributed by atoms with Crippen LogP contribution in [-0.4, -0.2) is 28.4 Å². The number of benzene rings is 1. The lowest BCUT2D eigenvalue weighted by Gasteiger charge is -2.22. The average molecular weight is 385 g/mol. The molecule has 0 bridgehead atoms. The number of nitrogens with zero attached hydrogens (tertiary/aromatic N) is 3. The van der Waals surface area contributed by atoms with Gasteiger partial charge in [0.15, 0.2) is 0 Å². The van der Waals surface area contributed by atoms with Crippen LogP contribution in [0.4, 0.5) is 0 Å². The summed E-state index contributed by atoms with van der Waals surface area (Å²) in [6.07, 6.45) is 7.23. The minimum absolute atomic E-state index is 0.00585. The maximum Gasteiger partial charge on any atom is 0.251 e. The van der Waals surface area contributed by atoms with Gasteiger partial charge in [-0.2, -0.15) is 5.10 Å². The second-order valence-corrected chi connectivity index (χ2v) is 8.17. The fraction of sp³-hybridized carbons (Fsp3) is 0.476. The number of carbonyl (C=O) groups is 1. The molecule has 1 heterocycles. The highest BCUT2D eigenvalue weighted by molar-refractivity contribution is 6.30. The van der Waals surface area contributed by atoms with Crippen molar-refractivity contribution in [1.82, 2.24) is 15.1 Å². The largest absolute Gasteiger partial charge is 0.349 e. The molecule has 2 unspecified atom stereocenters. The normalized spacial score (nSPS) is 27.0. The summed E-state index contributed by atoms with van der Waals surface area (Å²) in [7, 11) is 0. The molecule has 1 aromatic carbocycles. The van der Waals surface area contributed by atoms with Gasteiger partial charge in [-0.05, 0) is 68.0 Å². The summed E-state index contributed by atoms with van der Waals surface area (Å²) < 4.78 is 2.09. The number of carbonyl (C=O) groups excluding carboxylic acids is 1. The van der Waals surface area contributed by atoms with Crippen LogP contribution in [0.5, 0.6) is 0 Å². The maximum atomic E-state index is 12.5. The van der Waals surface area contributed by atoms with E-state index >= 15 is 0 Å². The minimum Gasteiger partial charge on any atom is -0.349 e. The number of rotatable bonds is 7. The van der Waals surface area contributed by atoms with E-state index in [1.807, 2.05) is 6.20 Å². The van der Waals surface area contributed by atoms with Crippen molar-refractivity contribution in [3.8, 4) is 0 Å². The van der Waals surface area contributed by atoms with E-state index in [9.17, 15) is 4.79 Å². The average Bonchev–Trinajstić information content (AvgIpc) is 3.03. The number of aromatic nitrogens is 2. The molecular formula is C21H25ClN4O. The Labute approximate surface area is 164 Å². The molecule has 6 heteroatoms. The number of halogens is 1. The zero-order valence-electron chi connectivity index (χ0n) is 15.5. The molecular weight excluding hydrogens is 360 g/mol. The van der Waals surface area contributed by atoms with Crippen molar-refractivity contribution >= 4 is 24.2 Å². The fourth-order valence-corrected chi connectivity index (χ4v) is 4.91. The Hall–Kier alpha value is -2.14. The second-order valence-electron chi connectivity index (χ2n) is 7.74. The molecule has 27 heavy (non-hydrogen) atoms. The van der Waals surface area contributed by atoms with Gasteiger partial charge in [0, 0.05) is 28.4 Å². The molecule has 1 N–H and O–H groups in total. The smallest absolute Gasteiger partial charge is 0.251 e. The summed E-state index contributed by atoms with van der Waals surface area (Å²) >= 11 is 5.91. The first-order valence-corrected chi connectivity index (χ1v) is 10.0. The minimum atomic E-state index is -0.00585. The van der Waals surface area contributed by atoms with Crippen LogP contribution in [0.3, 0.4) is 0 Å². The molecule has 4 rings (SSSR count). The first kappa shape index (κ1) is 18.2. The first-order chi connectivity index (χ1) is 13.1. The van der Waals surface area contributed by atoms with Crippen molar-refractivity contribution in [3.63, 3.8) is 0 Å². The fourth-order valence-electron chi connectivity index (χ4n) is 4.79. The molecule has 2 fully saturated rings. The van der Waals surface area contributed by atoms with Gasteiger partial charge >= 0.3 is 0 Å². The topological polar surface area (TPSA) is 59.3 Å². The summed E-state index contributed by atoms with van der Waals surface area (Å²) in [5.74, 6) is 1.97. The zero-order chi connectivity index (χ0) is 19.0. The molecule has 2 aliphatic carbocycles. The zero-order valence-corrected chi connectivity index (χ0v) is 16.3. The van der Waals surface area contributed by atoms with Crippen LogP contribution in [0.25, 0.3) is 0 Å². The standard InChI is InChI=1S/C21H25ClN4O/c1-3-19(25-21(27)14-4-6-15(22)7-5-14)20-17-8-16(9-18(17)20)26-12-13(10-23-2)11-24-26/h4-7,11-12,16-20H,2-3,8-10H2,1H3,(H,25,27)/t16?,17-,18+,19-,20?/m1/s1. The molecule has 0 aliphatic heterocycles. The van der Waals surface area contributed by atoms with Crippen LogP contribution in [0.2, 0.25) is 5.02 Å². The molecule has 0 radical (unpaired) electrons. The van der Waals surface area contributed by atoms with E-state index in [-0.39, 0.29) is 11.9 Å². The van der Waals surface area contributed by atoms with Crippen molar-refractivity contribution in [1.29, 1.82) is 0 Å². The van der Waals surface area contributed by atoms with Gasteiger partial charge in [-0.1, -0.05) is 18.5 Å². The Morgan fingerprint density at radius 2 is 2.07 bits per heavy atom. The Balaban J connectivity index is 1.34. The molecule has 1 aromatic heterocycles. The molecule has 1 amide bonds. The van der Waals surface area contributed by atoms with Crippen LogP contribution in [0.1, 0.15) is 48.1 Å². The number of hydrogen-bond donors (Lipinski definition) is 1. The van der Waals surface area contributed by atoms with Gasteiger partial charge in [0.05, 0.1) is 18.8 Å². The number of aliphatic imine (C=N–C) groups is 1. The lowest BCUT2D eigenvalue weighted by molar-refractivity contribution is 0.0926. The van der Waals surface area contributed by atoms with Gasteiger partial charge in [-0.25, -0.2) is 0 Å². The van der Waals surface area contributed by atoms with Crippen molar-refractivity contribution in [3.05, 3.63) is 52.8 Å². The quantitative estimate of drug-likeness (QED) is 0.729. The third kappa shape index (κ3) is 3.65. The summed E-state index contributed by atoms with van der Waals surface area (Å²) in [4.78, 5) is 16.5. The summed E-state index contributed by atoms with van der Waals surface area (Å²) in [5, 5.41) is 8.40. The van der Waals surface area contributed by atoms with Crippen molar-refractivity contribution in [2.45, 2.75) is 44.8 Å². The number of fused-ring (bicyclic) bond motifs is 1. The maximum absolute atomic E-state index is 12.5. The van der Waals surface area contributed by atoms with Crippen molar-refractivity contribution < 1.29 is 4.79 Å². The molecule has 2 aromatic rings. The summed E-state index contributed by atoms with van der Waals surface area (Å²) in [5.41, 5.74) is 1.78. The Morgan fingerprint density at radius 1 is 1.37 bits per heavy atom. The molecule has 0 saturated heterocycles. The lowest BCUT2D eigenvalue weighted by Crippen LogP contribution is -2.37. The van der Waals surface area contributed by atoms with E-state index in [1.165, 1.54) is 0 Å². The molecule has 142 valence electrons. The predicted octanol–water partition coefficient (Wildman–Crippen LogP) is 4.14. The number of nitrogens with one attached hydrogen (secondary N) is 1. The van der Waals surface area contributed by atoms with E-state index in [4.69, 9.17) is 11.6 Å². The SMILES string of the molecule is C=NCc1cnn(C2C[C@@H]3C([C@@H](CC)NC(=O)c4ccc(Cl)cc4)[C@@H]3C2)c1. The number of hydrogen-bond acceptors (Lipinski definition) is 3. The highest BCUT2D eigenvalue weighted by atomic mass is 35.5. The Bertz CT molecular complexity index is 819. The number of amides is 1. The van der Waals surface area contributed by atoms with Crippen LogP contribution >= 0.6 is 11.6 Å². The molecule has 2 saturated carbocycles. The second kappa shape index (κ2) is 7.47. The predicted molar refractivity (Wildman–Crippen MR) is 107 cm³/mol.